The lowest BCUT2D eigenvalue weighted by atomic mass is 9.99. The van der Waals surface area contributed by atoms with Gasteiger partial charge >= 0.3 is 6.18 Å². The SMILES string of the molecule is CC(C)C(=O)Cc1cc(C(F)(F)F)ccc1S(=O)(=O)Nc1cccc2cccnc12. The molecule has 0 radical (unpaired) electrons. The normalized spacial score (nSPS) is 12.3. The number of hydrogen-bond donors (Lipinski definition) is 1. The second-order valence-corrected chi connectivity index (χ2v) is 8.76. The van der Waals surface area contributed by atoms with Crippen LogP contribution in [0.4, 0.5) is 18.9 Å². The molecule has 0 aliphatic carbocycles. The summed E-state index contributed by atoms with van der Waals surface area (Å²) in [5, 5.41) is 0.695. The number of anilines is 1. The maximum atomic E-state index is 13.2. The highest BCUT2D eigenvalue weighted by Crippen LogP contribution is 2.33. The van der Waals surface area contributed by atoms with Crippen LogP contribution in [0.5, 0.6) is 0 Å². The van der Waals surface area contributed by atoms with Gasteiger partial charge in [-0.2, -0.15) is 13.2 Å². The van der Waals surface area contributed by atoms with Gasteiger partial charge in [-0.15, -0.1) is 0 Å². The third-order valence-electron chi connectivity index (χ3n) is 4.56. The number of carbonyl (C=O) groups is 1. The third kappa shape index (κ3) is 4.62. The zero-order chi connectivity index (χ0) is 22.1. The summed E-state index contributed by atoms with van der Waals surface area (Å²) >= 11 is 0. The molecule has 3 aromatic rings. The summed E-state index contributed by atoms with van der Waals surface area (Å²) in [5.41, 5.74) is -0.631. The summed E-state index contributed by atoms with van der Waals surface area (Å²) in [5.74, 6) is -0.817. The predicted molar refractivity (Wildman–Crippen MR) is 108 cm³/mol. The molecular formula is C21H19F3N2O3S. The number of nitrogens with one attached hydrogen (secondary N) is 1. The molecule has 2 aromatic carbocycles. The number of benzene rings is 2. The van der Waals surface area contributed by atoms with E-state index in [1.165, 1.54) is 12.3 Å². The van der Waals surface area contributed by atoms with Crippen molar-refractivity contribution in [2.24, 2.45) is 5.92 Å². The van der Waals surface area contributed by atoms with E-state index in [4.69, 9.17) is 0 Å². The van der Waals surface area contributed by atoms with Gasteiger partial charge in [0.2, 0.25) is 0 Å². The lowest BCUT2D eigenvalue weighted by molar-refractivity contribution is -0.137. The number of ketones is 1. The molecule has 3 rings (SSSR count). The fraction of sp³-hybridized carbons (Fsp3) is 0.238. The van der Waals surface area contributed by atoms with E-state index in [9.17, 15) is 26.4 Å². The van der Waals surface area contributed by atoms with Crippen LogP contribution in [-0.2, 0) is 27.4 Å². The molecule has 5 nitrogen and oxygen atoms in total. The molecule has 0 aliphatic rings. The second-order valence-electron chi connectivity index (χ2n) is 7.10. The van der Waals surface area contributed by atoms with Gasteiger partial charge in [-0.25, -0.2) is 8.42 Å². The molecule has 0 fully saturated rings. The van der Waals surface area contributed by atoms with Gasteiger partial charge < -0.3 is 0 Å². The molecule has 0 amide bonds. The van der Waals surface area contributed by atoms with Crippen molar-refractivity contribution in [3.63, 3.8) is 0 Å². The Morgan fingerprint density at radius 1 is 1.10 bits per heavy atom. The predicted octanol–water partition coefficient (Wildman–Crippen LogP) is 4.82. The molecule has 1 heterocycles. The smallest absolute Gasteiger partial charge is 0.299 e. The van der Waals surface area contributed by atoms with Gasteiger partial charge in [0, 0.05) is 23.9 Å². The van der Waals surface area contributed by atoms with E-state index < -0.39 is 34.1 Å². The van der Waals surface area contributed by atoms with Crippen molar-refractivity contribution in [2.75, 3.05) is 4.72 Å². The molecule has 0 saturated carbocycles. The number of sulfonamides is 1. The number of Topliss-reactive ketones (excluding diaryl/α,β-unsaturated/α-hetero) is 1. The Morgan fingerprint density at radius 2 is 1.80 bits per heavy atom. The first-order valence-electron chi connectivity index (χ1n) is 9.08. The Labute approximate surface area is 172 Å². The summed E-state index contributed by atoms with van der Waals surface area (Å²) in [7, 11) is -4.28. The van der Waals surface area contributed by atoms with Crippen molar-refractivity contribution in [1.29, 1.82) is 0 Å². The standard InChI is InChI=1S/C21H19F3N2O3S/c1-13(2)18(27)12-15-11-16(21(22,23)24)8-9-19(15)30(28,29)26-17-7-3-5-14-6-4-10-25-20(14)17/h3-11,13,26H,12H2,1-2H3. The number of halogens is 3. The number of fused-ring (bicyclic) bond motifs is 1. The molecule has 0 aliphatic heterocycles. The first kappa shape index (κ1) is 21.8. The van der Waals surface area contributed by atoms with Crippen molar-refractivity contribution in [3.8, 4) is 0 Å². The van der Waals surface area contributed by atoms with Gasteiger partial charge in [-0.05, 0) is 35.9 Å². The molecule has 0 unspecified atom stereocenters. The van der Waals surface area contributed by atoms with E-state index in [0.717, 1.165) is 12.1 Å². The third-order valence-corrected chi connectivity index (χ3v) is 6.03. The minimum atomic E-state index is -4.66. The largest absolute Gasteiger partial charge is 0.416 e. The van der Waals surface area contributed by atoms with E-state index in [0.29, 0.717) is 17.0 Å². The molecular weight excluding hydrogens is 417 g/mol. The fourth-order valence-corrected chi connectivity index (χ4v) is 4.22. The maximum absolute atomic E-state index is 13.2. The van der Waals surface area contributed by atoms with E-state index in [1.54, 1.807) is 38.1 Å². The van der Waals surface area contributed by atoms with Crippen molar-refractivity contribution < 1.29 is 26.4 Å². The van der Waals surface area contributed by atoms with Crippen LogP contribution in [0.15, 0.2) is 59.6 Å². The highest BCUT2D eigenvalue weighted by molar-refractivity contribution is 7.92. The summed E-state index contributed by atoms with van der Waals surface area (Å²) in [6.45, 7) is 3.20. The molecule has 0 atom stereocenters. The zero-order valence-corrected chi connectivity index (χ0v) is 17.0. The van der Waals surface area contributed by atoms with E-state index in [2.05, 4.69) is 9.71 Å². The first-order valence-corrected chi connectivity index (χ1v) is 10.6. The topological polar surface area (TPSA) is 76.1 Å². The van der Waals surface area contributed by atoms with Gasteiger partial charge in [0.1, 0.15) is 5.78 Å². The molecule has 1 N–H and O–H groups in total. The Morgan fingerprint density at radius 3 is 2.47 bits per heavy atom. The maximum Gasteiger partial charge on any atom is 0.416 e. The lowest BCUT2D eigenvalue weighted by Crippen LogP contribution is -2.19. The molecule has 0 spiro atoms. The minimum absolute atomic E-state index is 0.189. The van der Waals surface area contributed by atoms with Crippen LogP contribution in [-0.4, -0.2) is 19.2 Å². The van der Waals surface area contributed by atoms with E-state index >= 15 is 0 Å². The quantitative estimate of drug-likeness (QED) is 0.601. The van der Waals surface area contributed by atoms with Crippen LogP contribution in [0.25, 0.3) is 10.9 Å². The number of nitrogens with zero attached hydrogens (tertiary/aromatic N) is 1. The molecule has 158 valence electrons. The van der Waals surface area contributed by atoms with Crippen molar-refractivity contribution in [2.45, 2.75) is 31.3 Å². The lowest BCUT2D eigenvalue weighted by Gasteiger charge is -2.16. The van der Waals surface area contributed by atoms with E-state index in [-0.39, 0.29) is 21.9 Å². The van der Waals surface area contributed by atoms with Crippen molar-refractivity contribution >= 4 is 32.4 Å². The highest BCUT2D eigenvalue weighted by Gasteiger charge is 2.33. The first-order chi connectivity index (χ1) is 14.0. The number of alkyl halides is 3. The number of pyridine rings is 1. The summed E-state index contributed by atoms with van der Waals surface area (Å²) in [6, 6.07) is 10.7. The highest BCUT2D eigenvalue weighted by atomic mass is 32.2. The Kier molecular flexibility index (Phi) is 5.85. The van der Waals surface area contributed by atoms with Gasteiger partial charge in [0.15, 0.2) is 0 Å². The van der Waals surface area contributed by atoms with Gasteiger partial charge in [-0.3, -0.25) is 14.5 Å². The number of rotatable bonds is 6. The van der Waals surface area contributed by atoms with Crippen LogP contribution in [0.3, 0.4) is 0 Å². The van der Waals surface area contributed by atoms with Crippen LogP contribution in [0, 0.1) is 5.92 Å². The monoisotopic (exact) mass is 436 g/mol. The van der Waals surface area contributed by atoms with E-state index in [1.807, 2.05) is 0 Å². The van der Waals surface area contributed by atoms with Crippen LogP contribution >= 0.6 is 0 Å². The Hall–Kier alpha value is -2.94. The van der Waals surface area contributed by atoms with Crippen LogP contribution < -0.4 is 4.72 Å². The minimum Gasteiger partial charge on any atom is -0.299 e. The zero-order valence-electron chi connectivity index (χ0n) is 16.2. The number of carbonyl (C=O) groups excluding carboxylic acids is 1. The fourth-order valence-electron chi connectivity index (χ4n) is 2.93. The Bertz CT molecular complexity index is 1200. The number of aromatic nitrogens is 1. The van der Waals surface area contributed by atoms with Gasteiger partial charge in [0.25, 0.3) is 10.0 Å². The Balaban J connectivity index is 2.08. The van der Waals surface area contributed by atoms with Crippen LogP contribution in [0.1, 0.15) is 25.0 Å². The average molecular weight is 436 g/mol. The van der Waals surface area contributed by atoms with Crippen molar-refractivity contribution in [3.05, 3.63) is 65.9 Å². The summed E-state index contributed by atoms with van der Waals surface area (Å²) in [6.07, 6.45) is -3.58. The van der Waals surface area contributed by atoms with Crippen LogP contribution in [0.2, 0.25) is 0 Å². The van der Waals surface area contributed by atoms with Crippen molar-refractivity contribution in [1.82, 2.24) is 4.98 Å². The number of hydrogen-bond acceptors (Lipinski definition) is 4. The molecule has 0 bridgehead atoms. The van der Waals surface area contributed by atoms with Gasteiger partial charge in [0.05, 0.1) is 21.7 Å². The summed E-state index contributed by atoms with van der Waals surface area (Å²) < 4.78 is 68.0. The second kappa shape index (κ2) is 8.06. The average Bonchev–Trinajstić information content (AvgIpc) is 2.67. The molecule has 9 heteroatoms. The number of para-hydroxylation sites is 1. The molecule has 0 saturated heterocycles. The molecule has 1 aromatic heterocycles. The summed E-state index contributed by atoms with van der Waals surface area (Å²) in [4.78, 5) is 16.0. The van der Waals surface area contributed by atoms with Gasteiger partial charge in [-0.1, -0.05) is 32.0 Å². The molecule has 30 heavy (non-hydrogen) atoms.